The molecule has 0 amide bonds. The van der Waals surface area contributed by atoms with Crippen molar-refractivity contribution in [3.05, 3.63) is 48.0 Å². The fourth-order valence-electron chi connectivity index (χ4n) is 1.00. The molecule has 0 aliphatic rings. The third kappa shape index (κ3) is 2.20. The van der Waals surface area contributed by atoms with Crippen LogP contribution >= 0.6 is 11.6 Å². The summed E-state index contributed by atoms with van der Waals surface area (Å²) >= 11 is 5.80. The molecule has 14 heavy (non-hydrogen) atoms. The molecule has 0 N–H and O–H groups in total. The summed E-state index contributed by atoms with van der Waals surface area (Å²) < 4.78 is 5.45. The zero-order valence-corrected chi connectivity index (χ0v) is 7.98. The van der Waals surface area contributed by atoms with Gasteiger partial charge in [0.15, 0.2) is 5.75 Å². The number of rotatable bonds is 2. The highest BCUT2D eigenvalue weighted by Crippen LogP contribution is 2.22. The van der Waals surface area contributed by atoms with Crippen molar-refractivity contribution >= 4 is 11.6 Å². The zero-order valence-electron chi connectivity index (χ0n) is 7.22. The van der Waals surface area contributed by atoms with Gasteiger partial charge in [-0.1, -0.05) is 17.7 Å². The van der Waals surface area contributed by atoms with Crippen molar-refractivity contribution in [2.24, 2.45) is 0 Å². The van der Waals surface area contributed by atoms with Crippen LogP contribution in [0.2, 0.25) is 5.02 Å². The molecular formula is C10H7ClN2O. The Bertz CT molecular complexity index is 419. The number of ether oxygens (including phenoxy) is 1. The molecule has 4 heteroatoms. The molecule has 0 aliphatic heterocycles. The molecule has 0 spiro atoms. The topological polar surface area (TPSA) is 35.0 Å². The maximum absolute atomic E-state index is 5.80. The van der Waals surface area contributed by atoms with Gasteiger partial charge in [0.2, 0.25) is 0 Å². The summed E-state index contributed by atoms with van der Waals surface area (Å²) in [6.07, 6.45) is 4.63. The van der Waals surface area contributed by atoms with Gasteiger partial charge in [0.25, 0.3) is 0 Å². The Labute approximate surface area is 86.3 Å². The summed E-state index contributed by atoms with van der Waals surface area (Å²) in [5.41, 5.74) is 0. The molecule has 1 heterocycles. The lowest BCUT2D eigenvalue weighted by molar-refractivity contribution is 0.477. The third-order valence-corrected chi connectivity index (χ3v) is 1.80. The van der Waals surface area contributed by atoms with Crippen LogP contribution in [0.5, 0.6) is 11.5 Å². The van der Waals surface area contributed by atoms with Crippen molar-refractivity contribution in [2.45, 2.75) is 0 Å². The molecule has 2 aromatic rings. The lowest BCUT2D eigenvalue weighted by atomic mass is 10.3. The van der Waals surface area contributed by atoms with E-state index in [0.29, 0.717) is 16.5 Å². The largest absolute Gasteiger partial charge is 0.454 e. The Hall–Kier alpha value is -1.61. The Morgan fingerprint density at radius 1 is 1.07 bits per heavy atom. The molecule has 3 nitrogen and oxygen atoms in total. The van der Waals surface area contributed by atoms with Crippen LogP contribution in [-0.4, -0.2) is 9.97 Å². The molecule has 0 unspecified atom stereocenters. The summed E-state index contributed by atoms with van der Waals surface area (Å²) in [6, 6.07) is 7.16. The number of aromatic nitrogens is 2. The van der Waals surface area contributed by atoms with Crippen LogP contribution < -0.4 is 4.74 Å². The minimum atomic E-state index is 0.592. The number of hydrogen-bond donors (Lipinski definition) is 0. The first-order valence-electron chi connectivity index (χ1n) is 4.03. The maximum Gasteiger partial charge on any atom is 0.163 e. The summed E-state index contributed by atoms with van der Waals surface area (Å²) in [4.78, 5) is 7.67. The monoisotopic (exact) mass is 206 g/mol. The highest BCUT2D eigenvalue weighted by molar-refractivity contribution is 6.30. The average Bonchev–Trinajstić information content (AvgIpc) is 2.19. The molecule has 0 bridgehead atoms. The van der Waals surface area contributed by atoms with E-state index in [1.807, 2.05) is 12.1 Å². The summed E-state index contributed by atoms with van der Waals surface area (Å²) in [7, 11) is 0. The average molecular weight is 207 g/mol. The Balaban J connectivity index is 2.19. The van der Waals surface area contributed by atoms with Crippen molar-refractivity contribution in [3.8, 4) is 11.5 Å². The number of halogens is 1. The van der Waals surface area contributed by atoms with Gasteiger partial charge in [0, 0.05) is 5.02 Å². The molecule has 1 aromatic heterocycles. The fraction of sp³-hybridized carbons (Fsp3) is 0. The standard InChI is InChI=1S/C10H7ClN2O/c11-8-2-1-3-9(4-8)14-10-5-12-7-13-6-10/h1-7H. The molecule has 0 saturated heterocycles. The van der Waals surface area contributed by atoms with E-state index in [1.165, 1.54) is 6.33 Å². The van der Waals surface area contributed by atoms with Gasteiger partial charge >= 0.3 is 0 Å². The Morgan fingerprint density at radius 3 is 2.57 bits per heavy atom. The zero-order chi connectivity index (χ0) is 9.80. The van der Waals surface area contributed by atoms with E-state index < -0.39 is 0 Å². The van der Waals surface area contributed by atoms with Gasteiger partial charge in [0.1, 0.15) is 12.1 Å². The minimum Gasteiger partial charge on any atom is -0.454 e. The van der Waals surface area contributed by atoms with Crippen LogP contribution in [0.4, 0.5) is 0 Å². The lowest BCUT2D eigenvalue weighted by Crippen LogP contribution is -1.85. The minimum absolute atomic E-state index is 0.592. The predicted molar refractivity (Wildman–Crippen MR) is 53.6 cm³/mol. The van der Waals surface area contributed by atoms with Crippen molar-refractivity contribution in [2.75, 3.05) is 0 Å². The van der Waals surface area contributed by atoms with E-state index in [4.69, 9.17) is 16.3 Å². The quantitative estimate of drug-likeness (QED) is 0.758. The Morgan fingerprint density at radius 2 is 1.86 bits per heavy atom. The van der Waals surface area contributed by atoms with Crippen molar-refractivity contribution < 1.29 is 4.74 Å². The maximum atomic E-state index is 5.80. The van der Waals surface area contributed by atoms with E-state index in [9.17, 15) is 0 Å². The van der Waals surface area contributed by atoms with Crippen molar-refractivity contribution in [1.82, 2.24) is 9.97 Å². The van der Waals surface area contributed by atoms with Gasteiger partial charge in [0.05, 0.1) is 12.4 Å². The normalized spacial score (nSPS) is 9.79. The second-order valence-corrected chi connectivity index (χ2v) is 3.07. The highest BCUT2D eigenvalue weighted by atomic mass is 35.5. The van der Waals surface area contributed by atoms with Gasteiger partial charge < -0.3 is 4.74 Å². The van der Waals surface area contributed by atoms with E-state index in [2.05, 4.69) is 9.97 Å². The van der Waals surface area contributed by atoms with E-state index >= 15 is 0 Å². The number of hydrogen-bond acceptors (Lipinski definition) is 3. The lowest BCUT2D eigenvalue weighted by Gasteiger charge is -2.03. The second-order valence-electron chi connectivity index (χ2n) is 2.63. The first-order chi connectivity index (χ1) is 6.84. The first-order valence-corrected chi connectivity index (χ1v) is 4.41. The van der Waals surface area contributed by atoms with Crippen LogP contribution in [0.15, 0.2) is 43.0 Å². The van der Waals surface area contributed by atoms with E-state index in [-0.39, 0.29) is 0 Å². The van der Waals surface area contributed by atoms with Crippen LogP contribution in [-0.2, 0) is 0 Å². The van der Waals surface area contributed by atoms with Crippen LogP contribution in [0.25, 0.3) is 0 Å². The molecule has 2 rings (SSSR count). The number of benzene rings is 1. The molecule has 1 aromatic carbocycles. The summed E-state index contributed by atoms with van der Waals surface area (Å²) in [5.74, 6) is 1.27. The highest BCUT2D eigenvalue weighted by Gasteiger charge is 1.97. The predicted octanol–water partition coefficient (Wildman–Crippen LogP) is 2.92. The van der Waals surface area contributed by atoms with Gasteiger partial charge in [-0.2, -0.15) is 0 Å². The molecule has 0 radical (unpaired) electrons. The van der Waals surface area contributed by atoms with Crippen molar-refractivity contribution in [3.63, 3.8) is 0 Å². The van der Waals surface area contributed by atoms with Gasteiger partial charge in [-0.15, -0.1) is 0 Å². The molecular weight excluding hydrogens is 200 g/mol. The fourth-order valence-corrected chi connectivity index (χ4v) is 1.18. The van der Waals surface area contributed by atoms with Crippen molar-refractivity contribution in [1.29, 1.82) is 0 Å². The molecule has 0 fully saturated rings. The van der Waals surface area contributed by atoms with E-state index in [1.54, 1.807) is 24.5 Å². The SMILES string of the molecule is Clc1cccc(Oc2cncnc2)c1. The molecule has 70 valence electrons. The van der Waals surface area contributed by atoms with E-state index in [0.717, 1.165) is 0 Å². The van der Waals surface area contributed by atoms with Crippen LogP contribution in [0, 0.1) is 0 Å². The van der Waals surface area contributed by atoms with Gasteiger partial charge in [-0.05, 0) is 18.2 Å². The summed E-state index contributed by atoms with van der Waals surface area (Å²) in [5, 5.41) is 0.638. The smallest absolute Gasteiger partial charge is 0.163 e. The van der Waals surface area contributed by atoms with Gasteiger partial charge in [-0.25, -0.2) is 9.97 Å². The molecule has 0 aliphatic carbocycles. The third-order valence-electron chi connectivity index (χ3n) is 1.57. The molecule has 0 atom stereocenters. The second kappa shape index (κ2) is 4.07. The molecule has 0 saturated carbocycles. The number of nitrogens with zero attached hydrogens (tertiary/aromatic N) is 2. The summed E-state index contributed by atoms with van der Waals surface area (Å²) in [6.45, 7) is 0. The van der Waals surface area contributed by atoms with Gasteiger partial charge in [-0.3, -0.25) is 0 Å². The van der Waals surface area contributed by atoms with Crippen LogP contribution in [0.1, 0.15) is 0 Å². The Kier molecular flexibility index (Phi) is 2.60. The van der Waals surface area contributed by atoms with Crippen LogP contribution in [0.3, 0.4) is 0 Å². The first kappa shape index (κ1) is 8.97.